The number of halogens is 18. The fourth-order valence-electron chi connectivity index (χ4n) is 13.2. The number of amides is 3. The van der Waals surface area contributed by atoms with E-state index in [1.54, 1.807) is 140 Å². The van der Waals surface area contributed by atoms with Gasteiger partial charge in [-0.3, -0.25) is 0 Å². The minimum absolute atomic E-state index is 0.0354. The Hall–Kier alpha value is -13.9. The Kier molecular flexibility index (Phi) is 30.9. The molecule has 0 saturated heterocycles. The lowest BCUT2D eigenvalue weighted by Gasteiger charge is -2.36. The summed E-state index contributed by atoms with van der Waals surface area (Å²) in [6.45, 7) is 0.497. The molecule has 0 unspecified atom stereocenters. The average molecular weight is 1730 g/mol. The van der Waals surface area contributed by atoms with Crippen LogP contribution in [-0.2, 0) is 40.2 Å². The maximum absolute atomic E-state index is 13.1. The summed E-state index contributed by atoms with van der Waals surface area (Å²) in [5.41, 5.74) is -0.253. The summed E-state index contributed by atoms with van der Waals surface area (Å²) in [4.78, 5) is 38.3. The highest BCUT2D eigenvalue weighted by atomic mass is 19.4. The molecule has 0 aliphatic heterocycles. The molecule has 0 fully saturated rings. The third-order valence-corrected chi connectivity index (χ3v) is 18.2. The molecule has 11 aromatic carbocycles. The van der Waals surface area contributed by atoms with E-state index >= 15 is 0 Å². The average Bonchev–Trinajstić information content (AvgIpc) is 0.772. The van der Waals surface area contributed by atoms with Crippen molar-refractivity contribution in [1.29, 1.82) is 0 Å². The van der Waals surface area contributed by atoms with Gasteiger partial charge in [0, 0.05) is 35.9 Å². The van der Waals surface area contributed by atoms with Crippen LogP contribution in [0, 0.1) is 19.3 Å². The van der Waals surface area contributed by atoms with Crippen molar-refractivity contribution in [3.8, 4) is 64.1 Å². The van der Waals surface area contributed by atoms with Gasteiger partial charge < -0.3 is 63.3 Å². The van der Waals surface area contributed by atoms with Gasteiger partial charge in [-0.1, -0.05) is 200 Å². The number of methoxy groups -OCH3 is 1. The van der Waals surface area contributed by atoms with Crippen LogP contribution in [0.1, 0.15) is 55.6 Å². The Morgan fingerprint density at radius 2 is 0.537 bits per heavy atom. The van der Waals surface area contributed by atoms with Crippen molar-refractivity contribution in [2.45, 2.75) is 80.6 Å². The van der Waals surface area contributed by atoms with Crippen LogP contribution in [0.4, 0.5) is 93.4 Å². The second-order valence-electron chi connectivity index (χ2n) is 26.7. The number of terminal acetylenes is 1. The van der Waals surface area contributed by atoms with E-state index in [1.807, 2.05) is 0 Å². The fraction of sp³-hybridized carbons (Fsp3) is 0.202. The Labute approximate surface area is 691 Å². The number of aryl methyl sites for hydroxylation is 1. The number of para-hydroxylation sites is 3. The van der Waals surface area contributed by atoms with Crippen molar-refractivity contribution in [3.05, 3.63) is 341 Å². The Morgan fingerprint density at radius 3 is 0.789 bits per heavy atom. The molecule has 3 N–H and O–H groups in total. The third-order valence-electron chi connectivity index (χ3n) is 18.2. The molecule has 0 aromatic heterocycles. The van der Waals surface area contributed by atoms with E-state index in [4.69, 9.17) is 25.4 Å². The van der Waals surface area contributed by atoms with Gasteiger partial charge >= 0.3 is 56.5 Å². The van der Waals surface area contributed by atoms with Crippen LogP contribution in [0.5, 0.6) is 51.7 Å². The first-order valence-corrected chi connectivity index (χ1v) is 36.3. The van der Waals surface area contributed by atoms with Crippen molar-refractivity contribution in [3.63, 3.8) is 0 Å². The first-order valence-electron chi connectivity index (χ1n) is 36.3. The monoisotopic (exact) mass is 1730 g/mol. The maximum atomic E-state index is 13.1. The van der Waals surface area contributed by atoms with Crippen LogP contribution in [0.2, 0.25) is 0 Å². The van der Waals surface area contributed by atoms with E-state index in [9.17, 15) is 93.4 Å². The van der Waals surface area contributed by atoms with Crippen LogP contribution in [0.3, 0.4) is 0 Å². The van der Waals surface area contributed by atoms with Gasteiger partial charge in [0.25, 0.3) is 0 Å². The van der Waals surface area contributed by atoms with Gasteiger partial charge in [0.1, 0.15) is 40.2 Å². The third kappa shape index (κ3) is 28.9. The highest BCUT2D eigenvalue weighted by molar-refractivity contribution is 5.73. The summed E-state index contributed by atoms with van der Waals surface area (Å²) >= 11 is 0. The molecule has 0 bridgehead atoms. The lowest BCUT2D eigenvalue weighted by molar-refractivity contribution is -0.275. The van der Waals surface area contributed by atoms with E-state index in [0.29, 0.717) is 22.3 Å². The molecule has 123 heavy (non-hydrogen) atoms. The van der Waals surface area contributed by atoms with E-state index < -0.39 is 107 Å². The van der Waals surface area contributed by atoms with E-state index in [2.05, 4.69) is 50.3 Å². The smallest absolute Gasteiger partial charge is 0.493 e. The molecule has 646 valence electrons. The number of ether oxygens (including phenoxy) is 10. The predicted molar refractivity (Wildman–Crippen MR) is 412 cm³/mol. The minimum Gasteiger partial charge on any atom is -0.493 e. The predicted octanol–water partition coefficient (Wildman–Crippen LogP) is 22.3. The van der Waals surface area contributed by atoms with Gasteiger partial charge in [0.05, 0.1) is 7.11 Å². The first-order chi connectivity index (χ1) is 58.1. The molecule has 0 heterocycles. The standard InChI is InChI=1S/C31H25F6NO5.C31H25F6NO4.C27H21F6NO4/c1-40-26-15-5-6-16-27(26)41-28(39)38-20-29(19-21-9-3-2-4-10-21,22-11-7-13-24(17-22)42-30(32,33)34)23-12-8-14-25(18-23)43-31(35,36)37;1-21-9-5-6-16-27(21)40-28(39)38-20-29(19-22-10-3-2-4-11-22,23-12-7-14-25(17-23)41-30(32,33)34)24-13-8-15-26(18-24)42-31(35,36)37;1-2-14-36-24(35)34-18-25(17-19-8-4-3-5-9-19,20-10-6-12-22(15-20)37-26(28,29)30)21-11-7-13-23(16-21)38-27(31,32)33/h2-18H,19-20H2,1H3,(H,38,39);2-18H,19-20H2,1H3,(H,38,39);1,3-13,15-16H,14,17-18H2,(H,34,35). The van der Waals surface area contributed by atoms with Crippen molar-refractivity contribution < 1.29 is 141 Å². The van der Waals surface area contributed by atoms with Crippen LogP contribution in [-0.4, -0.2) is 89.8 Å². The summed E-state index contributed by atoms with van der Waals surface area (Å²) in [7, 11) is 1.39. The lowest BCUT2D eigenvalue weighted by Crippen LogP contribution is -2.44. The molecule has 3 amide bonds. The van der Waals surface area contributed by atoms with Crippen LogP contribution in [0.15, 0.2) is 285 Å². The summed E-state index contributed by atoms with van der Waals surface area (Å²) in [5.74, 6) is -0.517. The normalized spacial score (nSPS) is 11.9. The molecule has 34 heteroatoms. The number of hydrogen-bond donors (Lipinski definition) is 3. The number of nitrogens with one attached hydrogen (secondary N) is 3. The topological polar surface area (TPSA) is 180 Å². The zero-order valence-corrected chi connectivity index (χ0v) is 64.3. The van der Waals surface area contributed by atoms with Crippen molar-refractivity contribution in [2.24, 2.45) is 0 Å². The molecule has 16 nitrogen and oxygen atoms in total. The summed E-state index contributed by atoms with van der Waals surface area (Å²) in [6, 6.07) is 69.5. The van der Waals surface area contributed by atoms with E-state index in [0.717, 1.165) is 72.8 Å². The molecule has 0 radical (unpaired) electrons. The largest absolute Gasteiger partial charge is 0.573 e. The Morgan fingerprint density at radius 1 is 0.301 bits per heavy atom. The molecular formula is C89H71F18N3O13. The van der Waals surface area contributed by atoms with Gasteiger partial charge in [-0.25, -0.2) is 14.4 Å². The van der Waals surface area contributed by atoms with Gasteiger partial charge in [-0.05, 0) is 173 Å². The second-order valence-corrected chi connectivity index (χ2v) is 26.7. The molecule has 0 saturated carbocycles. The number of carbonyl (C=O) groups is 3. The van der Waals surface area contributed by atoms with Crippen molar-refractivity contribution >= 4 is 18.3 Å². The van der Waals surface area contributed by atoms with Crippen molar-refractivity contribution in [1.82, 2.24) is 16.0 Å². The van der Waals surface area contributed by atoms with Crippen LogP contribution >= 0.6 is 0 Å². The lowest BCUT2D eigenvalue weighted by atomic mass is 9.70. The summed E-state index contributed by atoms with van der Waals surface area (Å²) in [5, 5.41) is 7.83. The summed E-state index contributed by atoms with van der Waals surface area (Å²) in [6.07, 6.45) is -27.4. The summed E-state index contributed by atoms with van der Waals surface area (Å²) < 4.78 is 281. The highest BCUT2D eigenvalue weighted by Crippen LogP contribution is 2.45. The molecule has 11 rings (SSSR count). The van der Waals surface area contributed by atoms with Gasteiger partial charge in [-0.15, -0.1) is 85.5 Å². The second kappa shape index (κ2) is 40.9. The highest BCUT2D eigenvalue weighted by Gasteiger charge is 2.44. The van der Waals surface area contributed by atoms with E-state index in [-0.39, 0.29) is 96.1 Å². The molecule has 0 aliphatic carbocycles. The molecule has 11 aromatic rings. The van der Waals surface area contributed by atoms with Crippen LogP contribution in [0.25, 0.3) is 0 Å². The fourth-order valence-corrected chi connectivity index (χ4v) is 13.2. The number of hydrogen-bond acceptors (Lipinski definition) is 13. The quantitative estimate of drug-likeness (QED) is 0.0312. The van der Waals surface area contributed by atoms with Crippen LogP contribution < -0.4 is 58.6 Å². The molecule has 0 spiro atoms. The number of carbonyl (C=O) groups excluding carboxylic acids is 3. The number of alkyl carbamates (subject to hydrolysis) is 1. The van der Waals surface area contributed by atoms with E-state index in [1.165, 1.54) is 86.0 Å². The van der Waals surface area contributed by atoms with Crippen molar-refractivity contribution in [2.75, 3.05) is 33.4 Å². The van der Waals surface area contributed by atoms with Gasteiger partial charge in [0.15, 0.2) is 18.1 Å². The molecular weight excluding hydrogens is 1660 g/mol. The zero-order chi connectivity index (χ0) is 89.3. The molecule has 0 atom stereocenters. The SMILES string of the molecule is C#CCOC(=O)NCC(Cc1ccccc1)(c1cccc(OC(F)(F)F)c1)c1cccc(OC(F)(F)F)c1.COc1ccccc1OC(=O)NCC(Cc1ccccc1)(c1cccc(OC(F)(F)F)c1)c1cccc(OC(F)(F)F)c1.Cc1ccccc1OC(=O)NCC(Cc1ccccc1)(c1cccc(OC(F)(F)F)c1)c1cccc(OC(F)(F)F)c1. The number of alkyl halides is 18. The van der Waals surface area contributed by atoms with Gasteiger partial charge in [0.2, 0.25) is 0 Å². The number of rotatable bonds is 28. The zero-order valence-electron chi connectivity index (χ0n) is 64.3. The first kappa shape index (κ1) is 93.0. The minimum atomic E-state index is -5.00. The Bertz CT molecular complexity index is 5160. The Balaban J connectivity index is 0.000000210. The maximum Gasteiger partial charge on any atom is 0.573 e. The number of benzene rings is 11. The van der Waals surface area contributed by atoms with Gasteiger partial charge in [-0.2, -0.15) is 0 Å². The molecule has 0 aliphatic rings.